The smallest absolute Gasteiger partial charge is 0.233 e. The number of nitrogens with two attached hydrogens (primary N) is 1. The number of fused-ring (bicyclic) bond motifs is 1. The van der Waals surface area contributed by atoms with Gasteiger partial charge >= 0.3 is 0 Å². The highest BCUT2D eigenvalue weighted by Crippen LogP contribution is 2.32. The van der Waals surface area contributed by atoms with Crippen LogP contribution in [0.3, 0.4) is 0 Å². The van der Waals surface area contributed by atoms with Gasteiger partial charge in [-0.2, -0.15) is 0 Å². The Hall–Kier alpha value is -1.23. The van der Waals surface area contributed by atoms with Gasteiger partial charge in [0, 0.05) is 11.4 Å². The van der Waals surface area contributed by atoms with Crippen LogP contribution in [0.15, 0.2) is 16.6 Å². The van der Waals surface area contributed by atoms with Gasteiger partial charge in [0.1, 0.15) is 0 Å². The van der Waals surface area contributed by atoms with E-state index in [1.807, 2.05) is 4.90 Å². The number of hydrogen-bond acceptors (Lipinski definition) is 3. The fraction of sp³-hybridized carbons (Fsp3) is 0.444. The van der Waals surface area contributed by atoms with Gasteiger partial charge in [-0.15, -0.1) is 11.3 Å². The molecule has 0 radical (unpaired) electrons. The van der Waals surface area contributed by atoms with Gasteiger partial charge in [0.2, 0.25) is 5.96 Å². The van der Waals surface area contributed by atoms with E-state index in [9.17, 15) is 0 Å². The van der Waals surface area contributed by atoms with Gasteiger partial charge in [0.25, 0.3) is 0 Å². The summed E-state index contributed by atoms with van der Waals surface area (Å²) in [6.07, 6.45) is 0.980. The quantitative estimate of drug-likeness (QED) is 0.295. The van der Waals surface area contributed by atoms with Crippen molar-refractivity contribution in [1.82, 2.24) is 4.90 Å². The van der Waals surface area contributed by atoms with E-state index in [-0.39, 0.29) is 12.0 Å². The minimum absolute atomic E-state index is 0.203. The molecule has 2 rings (SSSR count). The van der Waals surface area contributed by atoms with Gasteiger partial charge in [-0.05, 0) is 30.4 Å². The lowest BCUT2D eigenvalue weighted by molar-refractivity contribution is 0.271. The highest BCUT2D eigenvalue weighted by molar-refractivity contribution is 7.10. The van der Waals surface area contributed by atoms with E-state index in [0.717, 1.165) is 13.0 Å². The van der Waals surface area contributed by atoms with E-state index >= 15 is 0 Å². The number of rotatable bonds is 0. The van der Waals surface area contributed by atoms with Crippen LogP contribution in [0.1, 0.15) is 23.4 Å². The predicted molar refractivity (Wildman–Crippen MR) is 56.6 cm³/mol. The van der Waals surface area contributed by atoms with Crippen molar-refractivity contribution in [1.29, 1.82) is 0 Å². The maximum Gasteiger partial charge on any atom is 0.233 e. The number of hydrogen-bond donors (Lipinski definition) is 2. The molecule has 1 aliphatic rings. The first-order valence-electron chi connectivity index (χ1n) is 4.54. The van der Waals surface area contributed by atoms with E-state index in [4.69, 9.17) is 10.9 Å². The molecule has 1 atom stereocenters. The molecule has 0 fully saturated rings. The summed E-state index contributed by atoms with van der Waals surface area (Å²) in [5.41, 5.74) is 6.89. The topological polar surface area (TPSA) is 61.8 Å². The third-order valence-electron chi connectivity index (χ3n) is 2.67. The molecule has 0 amide bonds. The van der Waals surface area contributed by atoms with Crippen LogP contribution in [0.25, 0.3) is 0 Å². The molecule has 0 spiro atoms. The standard InChI is InChI=1S/C9H13N3OS/c1-6-7-3-5-14-8(7)2-4-12(6)9(10)11-13/h3,5-6,13H,2,4H2,1H3,(H2,10,11). The van der Waals surface area contributed by atoms with Gasteiger partial charge in [-0.3, -0.25) is 0 Å². The SMILES string of the molecule is CC1c2ccsc2CCN1C(N)=NO. The van der Waals surface area contributed by atoms with Crippen molar-refractivity contribution in [3.8, 4) is 0 Å². The second-order valence-electron chi connectivity index (χ2n) is 3.38. The first kappa shape index (κ1) is 9.33. The number of nitrogens with zero attached hydrogens (tertiary/aromatic N) is 2. The summed E-state index contributed by atoms with van der Waals surface area (Å²) in [7, 11) is 0. The maximum absolute atomic E-state index is 8.63. The van der Waals surface area contributed by atoms with Crippen molar-refractivity contribution in [3.63, 3.8) is 0 Å². The van der Waals surface area contributed by atoms with E-state index in [1.165, 1.54) is 10.4 Å². The monoisotopic (exact) mass is 211 g/mol. The molecule has 3 N–H and O–H groups in total. The van der Waals surface area contributed by atoms with Crippen LogP contribution in [0.4, 0.5) is 0 Å². The van der Waals surface area contributed by atoms with Gasteiger partial charge in [0.05, 0.1) is 6.04 Å². The summed E-state index contributed by atoms with van der Waals surface area (Å²) in [6.45, 7) is 2.90. The van der Waals surface area contributed by atoms with Crippen LogP contribution < -0.4 is 5.73 Å². The van der Waals surface area contributed by atoms with Crippen LogP contribution in [-0.2, 0) is 6.42 Å². The highest BCUT2D eigenvalue weighted by Gasteiger charge is 2.25. The Bertz CT molecular complexity index is 361. The Morgan fingerprint density at radius 2 is 2.57 bits per heavy atom. The fourth-order valence-electron chi connectivity index (χ4n) is 1.88. The summed E-state index contributed by atoms with van der Waals surface area (Å²) in [5, 5.41) is 13.8. The zero-order chi connectivity index (χ0) is 10.1. The molecule has 2 heterocycles. The lowest BCUT2D eigenvalue weighted by Gasteiger charge is -2.33. The molecular weight excluding hydrogens is 198 g/mol. The molecule has 1 aromatic rings. The second kappa shape index (κ2) is 3.49. The molecule has 4 nitrogen and oxygen atoms in total. The second-order valence-corrected chi connectivity index (χ2v) is 4.38. The Kier molecular flexibility index (Phi) is 2.33. The molecule has 1 aromatic heterocycles. The minimum Gasteiger partial charge on any atom is -0.408 e. The van der Waals surface area contributed by atoms with Crippen molar-refractivity contribution in [2.75, 3.05) is 6.54 Å². The third-order valence-corrected chi connectivity index (χ3v) is 3.67. The molecular formula is C9H13N3OS. The Labute approximate surface area is 86.6 Å². The van der Waals surface area contributed by atoms with Crippen LogP contribution in [-0.4, -0.2) is 22.6 Å². The molecule has 0 aliphatic carbocycles. The average Bonchev–Trinajstić information content (AvgIpc) is 2.66. The molecule has 1 aliphatic heterocycles. The number of guanidine groups is 1. The zero-order valence-electron chi connectivity index (χ0n) is 7.97. The lowest BCUT2D eigenvalue weighted by atomic mass is 10.0. The number of oxime groups is 1. The predicted octanol–water partition coefficient (Wildman–Crippen LogP) is 1.37. The summed E-state index contributed by atoms with van der Waals surface area (Å²) in [4.78, 5) is 3.33. The summed E-state index contributed by atoms with van der Waals surface area (Å²) in [6, 6.07) is 2.32. The van der Waals surface area contributed by atoms with Crippen LogP contribution in [0.2, 0.25) is 0 Å². The highest BCUT2D eigenvalue weighted by atomic mass is 32.1. The van der Waals surface area contributed by atoms with Crippen LogP contribution >= 0.6 is 11.3 Å². The average molecular weight is 211 g/mol. The molecule has 1 unspecified atom stereocenters. The Morgan fingerprint density at radius 3 is 3.29 bits per heavy atom. The minimum atomic E-state index is 0.203. The van der Waals surface area contributed by atoms with Crippen molar-refractivity contribution < 1.29 is 5.21 Å². The maximum atomic E-state index is 8.63. The first-order chi connectivity index (χ1) is 6.74. The van der Waals surface area contributed by atoms with Gasteiger partial charge < -0.3 is 15.8 Å². The van der Waals surface area contributed by atoms with E-state index < -0.39 is 0 Å². The van der Waals surface area contributed by atoms with Crippen LogP contribution in [0.5, 0.6) is 0 Å². The summed E-state index contributed by atoms with van der Waals surface area (Å²) >= 11 is 1.78. The van der Waals surface area contributed by atoms with Gasteiger partial charge in [-0.25, -0.2) is 0 Å². The largest absolute Gasteiger partial charge is 0.408 e. The third kappa shape index (κ3) is 1.33. The summed E-state index contributed by atoms with van der Waals surface area (Å²) < 4.78 is 0. The molecule has 76 valence electrons. The van der Waals surface area contributed by atoms with E-state index in [1.54, 1.807) is 11.3 Å². The summed E-state index contributed by atoms with van der Waals surface area (Å²) in [5.74, 6) is 0.203. The molecule has 5 heteroatoms. The Balaban J connectivity index is 2.29. The molecule has 14 heavy (non-hydrogen) atoms. The molecule has 0 saturated carbocycles. The van der Waals surface area contributed by atoms with E-state index in [0.29, 0.717) is 0 Å². The molecule has 0 saturated heterocycles. The van der Waals surface area contributed by atoms with Crippen molar-refractivity contribution in [2.24, 2.45) is 10.9 Å². The first-order valence-corrected chi connectivity index (χ1v) is 5.42. The van der Waals surface area contributed by atoms with E-state index in [2.05, 4.69) is 23.5 Å². The van der Waals surface area contributed by atoms with Gasteiger partial charge in [-0.1, -0.05) is 5.16 Å². The normalized spacial score (nSPS) is 22.2. The lowest BCUT2D eigenvalue weighted by Crippen LogP contribution is -2.42. The van der Waals surface area contributed by atoms with Crippen molar-refractivity contribution >= 4 is 17.3 Å². The van der Waals surface area contributed by atoms with Gasteiger partial charge in [0.15, 0.2) is 0 Å². The Morgan fingerprint density at radius 1 is 1.79 bits per heavy atom. The van der Waals surface area contributed by atoms with Crippen molar-refractivity contribution in [3.05, 3.63) is 21.9 Å². The molecule has 0 bridgehead atoms. The van der Waals surface area contributed by atoms with Crippen molar-refractivity contribution in [2.45, 2.75) is 19.4 Å². The fourth-order valence-corrected chi connectivity index (χ4v) is 2.84. The molecule has 0 aromatic carbocycles. The zero-order valence-corrected chi connectivity index (χ0v) is 8.79. The number of thiophene rings is 1. The van der Waals surface area contributed by atoms with Crippen LogP contribution in [0, 0.1) is 0 Å².